The number of hydrogen-bond donors (Lipinski definition) is 2. The Morgan fingerprint density at radius 2 is 1.14 bits per heavy atom. The van der Waals surface area contributed by atoms with Crippen LogP contribution in [0.5, 0.6) is 0 Å². The predicted molar refractivity (Wildman–Crippen MR) is 111 cm³/mol. The molecule has 0 aliphatic heterocycles. The summed E-state index contributed by atoms with van der Waals surface area (Å²) >= 11 is 0. The first-order valence-electron chi connectivity index (χ1n) is 9.04. The van der Waals surface area contributed by atoms with Crippen molar-refractivity contribution in [1.82, 2.24) is 9.78 Å². The number of nitrogens with zero attached hydrogens (tertiary/aromatic N) is 2. The molecule has 2 N–H and O–H groups in total. The van der Waals surface area contributed by atoms with Gasteiger partial charge in [-0.05, 0) is 74.2 Å². The summed E-state index contributed by atoms with van der Waals surface area (Å²) in [4.78, 5) is 25.2. The fourth-order valence-corrected chi connectivity index (χ4v) is 3.27. The van der Waals surface area contributed by atoms with Gasteiger partial charge in [0.2, 0.25) is 0 Å². The van der Waals surface area contributed by atoms with Crippen LogP contribution < -0.4 is 10.6 Å². The summed E-state index contributed by atoms with van der Waals surface area (Å²) < 4.78 is 1.41. The van der Waals surface area contributed by atoms with Crippen molar-refractivity contribution < 1.29 is 9.59 Å². The molecule has 0 saturated carbocycles. The monoisotopic (exact) mass is 376 g/mol. The molecule has 6 nitrogen and oxygen atoms in total. The minimum Gasteiger partial charge on any atom is -0.321 e. The first-order chi connectivity index (χ1) is 13.2. The van der Waals surface area contributed by atoms with Crippen molar-refractivity contribution in [3.05, 3.63) is 76.1 Å². The topological polar surface area (TPSA) is 76.0 Å². The summed E-state index contributed by atoms with van der Waals surface area (Å²) in [5, 5.41) is 9.90. The maximum absolute atomic E-state index is 12.6. The molecule has 0 atom stereocenters. The van der Waals surface area contributed by atoms with E-state index in [4.69, 9.17) is 0 Å². The molecule has 0 radical (unpaired) electrons. The second kappa shape index (κ2) is 7.68. The lowest BCUT2D eigenvalue weighted by molar-refractivity contribution is 0.101. The molecule has 0 fully saturated rings. The van der Waals surface area contributed by atoms with Crippen LogP contribution in [0.3, 0.4) is 0 Å². The van der Waals surface area contributed by atoms with Crippen LogP contribution in [-0.2, 0) is 7.05 Å². The zero-order valence-electron chi connectivity index (χ0n) is 16.8. The Kier molecular flexibility index (Phi) is 5.31. The standard InChI is InChI=1S/C22H24N4O2/c1-13-6-14(2)9-17(8-13)23-21(27)19-12-20(26(5)25-19)22(28)24-18-10-15(3)7-16(4)11-18/h6-12H,1-5H3,(H,23,27)(H,24,28). The van der Waals surface area contributed by atoms with Gasteiger partial charge in [-0.2, -0.15) is 5.10 Å². The minimum absolute atomic E-state index is 0.187. The van der Waals surface area contributed by atoms with E-state index in [0.29, 0.717) is 17.1 Å². The second-order valence-corrected chi connectivity index (χ2v) is 7.20. The lowest BCUT2D eigenvalue weighted by Gasteiger charge is -2.07. The number of nitrogens with one attached hydrogen (secondary N) is 2. The molecule has 1 aromatic heterocycles. The first kappa shape index (κ1) is 19.4. The van der Waals surface area contributed by atoms with Crippen LogP contribution in [0.15, 0.2) is 42.5 Å². The smallest absolute Gasteiger partial charge is 0.276 e. The Bertz CT molecular complexity index is 1030. The summed E-state index contributed by atoms with van der Waals surface area (Å²) in [6.07, 6.45) is 0. The van der Waals surface area contributed by atoms with Crippen LogP contribution in [-0.4, -0.2) is 21.6 Å². The maximum atomic E-state index is 12.6. The fraction of sp³-hybridized carbons (Fsp3) is 0.227. The van der Waals surface area contributed by atoms with Gasteiger partial charge in [0.15, 0.2) is 5.69 Å². The molecule has 2 aromatic carbocycles. The van der Waals surface area contributed by atoms with Gasteiger partial charge in [-0.15, -0.1) is 0 Å². The van der Waals surface area contributed by atoms with E-state index in [1.807, 2.05) is 64.1 Å². The number of anilines is 2. The van der Waals surface area contributed by atoms with Gasteiger partial charge in [-0.1, -0.05) is 12.1 Å². The number of hydrogen-bond acceptors (Lipinski definition) is 3. The molecular weight excluding hydrogens is 352 g/mol. The molecule has 144 valence electrons. The first-order valence-corrected chi connectivity index (χ1v) is 9.04. The molecule has 3 rings (SSSR count). The SMILES string of the molecule is Cc1cc(C)cc(NC(=O)c2cc(C(=O)Nc3cc(C)cc(C)c3)n(C)n2)c1. The quantitative estimate of drug-likeness (QED) is 0.718. The maximum Gasteiger partial charge on any atom is 0.276 e. The normalized spacial score (nSPS) is 10.6. The Morgan fingerprint density at radius 3 is 1.61 bits per heavy atom. The number of aryl methyl sites for hydroxylation is 5. The van der Waals surface area contributed by atoms with Gasteiger partial charge in [-0.3, -0.25) is 14.3 Å². The summed E-state index contributed by atoms with van der Waals surface area (Å²) in [7, 11) is 1.64. The van der Waals surface area contributed by atoms with Gasteiger partial charge in [0.1, 0.15) is 5.69 Å². The summed E-state index contributed by atoms with van der Waals surface area (Å²) in [6.45, 7) is 7.89. The third-order valence-corrected chi connectivity index (χ3v) is 4.30. The number of carbonyl (C=O) groups is 2. The highest BCUT2D eigenvalue weighted by atomic mass is 16.2. The summed E-state index contributed by atoms with van der Waals surface area (Å²) in [5.74, 6) is -0.670. The van der Waals surface area contributed by atoms with Crippen LogP contribution in [0.2, 0.25) is 0 Å². The van der Waals surface area contributed by atoms with Crippen LogP contribution >= 0.6 is 0 Å². The molecule has 0 aliphatic carbocycles. The number of benzene rings is 2. The van der Waals surface area contributed by atoms with E-state index < -0.39 is 0 Å². The van der Waals surface area contributed by atoms with Crippen LogP contribution in [0.4, 0.5) is 11.4 Å². The second-order valence-electron chi connectivity index (χ2n) is 7.20. The molecule has 0 saturated heterocycles. The largest absolute Gasteiger partial charge is 0.321 e. The zero-order valence-corrected chi connectivity index (χ0v) is 16.8. The van der Waals surface area contributed by atoms with Crippen LogP contribution in [0.25, 0.3) is 0 Å². The summed E-state index contributed by atoms with van der Waals surface area (Å²) in [5.41, 5.74) is 6.16. The molecule has 0 bridgehead atoms. The fourth-order valence-electron chi connectivity index (χ4n) is 3.27. The number of rotatable bonds is 4. The average molecular weight is 376 g/mol. The number of aromatic nitrogens is 2. The van der Waals surface area contributed by atoms with Crippen molar-refractivity contribution in [2.75, 3.05) is 10.6 Å². The van der Waals surface area contributed by atoms with Crippen molar-refractivity contribution in [2.45, 2.75) is 27.7 Å². The molecule has 0 unspecified atom stereocenters. The van der Waals surface area contributed by atoms with E-state index in [-0.39, 0.29) is 17.5 Å². The Labute approximate surface area is 164 Å². The minimum atomic E-state index is -0.356. The molecule has 3 aromatic rings. The highest BCUT2D eigenvalue weighted by Crippen LogP contribution is 2.17. The Morgan fingerprint density at radius 1 is 0.714 bits per heavy atom. The molecule has 1 heterocycles. The Hall–Kier alpha value is -3.41. The van der Waals surface area contributed by atoms with Gasteiger partial charge in [0.05, 0.1) is 0 Å². The van der Waals surface area contributed by atoms with E-state index in [1.165, 1.54) is 10.7 Å². The molecule has 0 aliphatic rings. The van der Waals surface area contributed by atoms with Crippen molar-refractivity contribution in [3.63, 3.8) is 0 Å². The lowest BCUT2D eigenvalue weighted by Crippen LogP contribution is -2.16. The van der Waals surface area contributed by atoms with E-state index in [2.05, 4.69) is 15.7 Å². The lowest BCUT2D eigenvalue weighted by atomic mass is 10.1. The van der Waals surface area contributed by atoms with Gasteiger partial charge >= 0.3 is 0 Å². The summed E-state index contributed by atoms with van der Waals surface area (Å²) in [6, 6.07) is 13.1. The molecule has 6 heteroatoms. The van der Waals surface area contributed by atoms with Gasteiger partial charge in [0.25, 0.3) is 11.8 Å². The van der Waals surface area contributed by atoms with Crippen molar-refractivity contribution in [2.24, 2.45) is 7.05 Å². The van der Waals surface area contributed by atoms with E-state index >= 15 is 0 Å². The third-order valence-electron chi connectivity index (χ3n) is 4.30. The average Bonchev–Trinajstić information content (AvgIpc) is 2.95. The third kappa shape index (κ3) is 4.46. The predicted octanol–water partition coefficient (Wildman–Crippen LogP) is 4.16. The van der Waals surface area contributed by atoms with Crippen molar-refractivity contribution >= 4 is 23.2 Å². The Balaban J connectivity index is 1.78. The van der Waals surface area contributed by atoms with Crippen molar-refractivity contribution in [1.29, 1.82) is 0 Å². The van der Waals surface area contributed by atoms with Crippen molar-refractivity contribution in [3.8, 4) is 0 Å². The van der Waals surface area contributed by atoms with E-state index in [9.17, 15) is 9.59 Å². The van der Waals surface area contributed by atoms with Gasteiger partial charge < -0.3 is 10.6 Å². The highest BCUT2D eigenvalue weighted by Gasteiger charge is 2.18. The van der Waals surface area contributed by atoms with Crippen LogP contribution in [0, 0.1) is 27.7 Å². The number of amides is 2. The van der Waals surface area contributed by atoms with E-state index in [0.717, 1.165) is 22.3 Å². The molecule has 28 heavy (non-hydrogen) atoms. The molecular formula is C22H24N4O2. The van der Waals surface area contributed by atoms with Gasteiger partial charge in [0, 0.05) is 24.5 Å². The van der Waals surface area contributed by atoms with Crippen LogP contribution in [0.1, 0.15) is 43.2 Å². The zero-order chi connectivity index (χ0) is 20.4. The number of carbonyl (C=O) groups excluding carboxylic acids is 2. The van der Waals surface area contributed by atoms with E-state index in [1.54, 1.807) is 7.05 Å². The van der Waals surface area contributed by atoms with Gasteiger partial charge in [-0.25, -0.2) is 0 Å². The molecule has 0 spiro atoms. The molecule has 2 amide bonds. The highest BCUT2D eigenvalue weighted by molar-refractivity contribution is 6.07.